The lowest BCUT2D eigenvalue weighted by molar-refractivity contribution is -0.310. The molecule has 0 radical (unpaired) electrons. The first kappa shape index (κ1) is 23.6. The molecule has 0 unspecified atom stereocenters. The zero-order chi connectivity index (χ0) is 18.5. The summed E-state index contributed by atoms with van der Waals surface area (Å²) < 4.78 is 17.4. The highest BCUT2D eigenvalue weighted by molar-refractivity contribution is 7.53. The van der Waals surface area contributed by atoms with E-state index in [-0.39, 0.29) is 37.1 Å². The minimum absolute atomic E-state index is 0. The smallest absolute Gasteiger partial charge is 0.217 e. The largest absolute Gasteiger partial charge is 0.808 e. The maximum atomic E-state index is 11.5. The first-order chi connectivity index (χ1) is 11.1. The van der Waals surface area contributed by atoms with Crippen LogP contribution in [0.4, 0.5) is 0 Å². The van der Waals surface area contributed by atoms with Gasteiger partial charge >= 0.3 is 0 Å². The number of rotatable bonds is 7. The van der Waals surface area contributed by atoms with Crippen molar-refractivity contribution in [2.75, 3.05) is 0 Å². The molecule has 5 N–H and O–H groups in total. The van der Waals surface area contributed by atoms with E-state index >= 15 is 0 Å². The molecule has 9 nitrogen and oxygen atoms in total. The van der Waals surface area contributed by atoms with Gasteiger partial charge in [0, 0.05) is 6.92 Å². The molecule has 1 rings (SSSR count). The molecule has 0 fully saturated rings. The van der Waals surface area contributed by atoms with Crippen LogP contribution in [0.25, 0.3) is 0 Å². The molecule has 1 amide bonds. The summed E-state index contributed by atoms with van der Waals surface area (Å²) >= 11 is 0. The Kier molecular flexibility index (Phi) is 9.35. The van der Waals surface area contributed by atoms with Crippen LogP contribution in [0.2, 0.25) is 0 Å². The number of hydrogen-bond donors (Lipinski definition) is 3. The number of aliphatic imine (C=N–C) groups is 1. The fraction of sp³-hybridized carbons (Fsp3) is 0.733. The second-order valence-electron chi connectivity index (χ2n) is 5.75. The number of nitrogens with zero attached hydrogens (tertiary/aromatic N) is 1. The fourth-order valence-electron chi connectivity index (χ4n) is 2.68. The van der Waals surface area contributed by atoms with Crippen molar-refractivity contribution < 1.29 is 23.9 Å². The van der Waals surface area contributed by atoms with Gasteiger partial charge in [0.1, 0.15) is 0 Å². The zero-order valence-corrected chi connectivity index (χ0v) is 15.0. The van der Waals surface area contributed by atoms with Crippen LogP contribution in [-0.4, -0.2) is 36.2 Å². The highest BCUT2D eigenvalue weighted by Crippen LogP contribution is 2.43. The Morgan fingerprint density at radius 2 is 2.00 bits per heavy atom. The van der Waals surface area contributed by atoms with Gasteiger partial charge in [-0.3, -0.25) is 4.79 Å². The third-order valence-corrected chi connectivity index (χ3v) is 4.88. The summed E-state index contributed by atoms with van der Waals surface area (Å²) in [4.78, 5) is 38.4. The third-order valence-electron chi connectivity index (χ3n) is 3.84. The summed E-state index contributed by atoms with van der Waals surface area (Å²) in [5.74, 6) is -0.595. The van der Waals surface area contributed by atoms with Crippen LogP contribution in [-0.2, 0) is 14.1 Å². The molecule has 0 aromatic rings. The maximum Gasteiger partial charge on any atom is 0.217 e. The Labute approximate surface area is 149 Å². The van der Waals surface area contributed by atoms with Crippen LogP contribution in [0.1, 0.15) is 47.5 Å². The summed E-state index contributed by atoms with van der Waals surface area (Å²) in [7, 11) is -4.96. The number of amides is 1. The molecule has 0 heterocycles. The average Bonchev–Trinajstić information content (AvgIpc) is 2.45. The van der Waals surface area contributed by atoms with Crippen molar-refractivity contribution in [1.82, 2.24) is 5.32 Å². The van der Waals surface area contributed by atoms with Crippen LogP contribution in [0.3, 0.4) is 0 Å². The van der Waals surface area contributed by atoms with Crippen LogP contribution in [0.15, 0.2) is 16.4 Å². The van der Waals surface area contributed by atoms with Gasteiger partial charge in [-0.05, 0) is 38.2 Å². The monoisotopic (exact) mass is 376 g/mol. The highest BCUT2D eigenvalue weighted by atomic mass is 31.2. The van der Waals surface area contributed by atoms with Crippen molar-refractivity contribution in [2.24, 2.45) is 16.5 Å². The van der Waals surface area contributed by atoms with Gasteiger partial charge in [0.2, 0.25) is 5.91 Å². The number of nitrogens with one attached hydrogen (secondary N) is 1. The molecule has 0 saturated heterocycles. The Morgan fingerprint density at radius 3 is 2.40 bits per heavy atom. The SMILES string of the molecule is C.CCC(CC)O[C@@H]1C=C(P(=O)([O-])[O-])C[C@H](N=C(N)N)[C@H]1NC(C)=O. The van der Waals surface area contributed by atoms with E-state index in [1.54, 1.807) is 0 Å². The van der Waals surface area contributed by atoms with Gasteiger partial charge in [0.15, 0.2) is 5.96 Å². The van der Waals surface area contributed by atoms with E-state index in [1.165, 1.54) is 13.0 Å². The Morgan fingerprint density at radius 1 is 1.44 bits per heavy atom. The van der Waals surface area contributed by atoms with Crippen molar-refractivity contribution in [1.29, 1.82) is 0 Å². The topological polar surface area (TPSA) is 166 Å². The van der Waals surface area contributed by atoms with Crippen LogP contribution in [0.5, 0.6) is 0 Å². The summed E-state index contributed by atoms with van der Waals surface area (Å²) in [5, 5.41) is 2.38. The number of hydrogen-bond acceptors (Lipinski definition) is 6. The van der Waals surface area contributed by atoms with Crippen molar-refractivity contribution in [2.45, 2.75) is 71.8 Å². The van der Waals surface area contributed by atoms with E-state index in [2.05, 4.69) is 10.3 Å². The van der Waals surface area contributed by atoms with Gasteiger partial charge in [-0.25, -0.2) is 4.99 Å². The minimum Gasteiger partial charge on any atom is -0.808 e. The van der Waals surface area contributed by atoms with Gasteiger partial charge in [-0.1, -0.05) is 21.3 Å². The number of carbonyl (C=O) groups is 1. The van der Waals surface area contributed by atoms with Gasteiger partial charge in [-0.15, -0.1) is 0 Å². The molecule has 3 atom stereocenters. The molecule has 0 saturated carbocycles. The Balaban J connectivity index is 0.00000576. The van der Waals surface area contributed by atoms with E-state index in [4.69, 9.17) is 16.2 Å². The number of guanidine groups is 1. The van der Waals surface area contributed by atoms with E-state index in [0.717, 1.165) is 0 Å². The van der Waals surface area contributed by atoms with Crippen LogP contribution < -0.4 is 26.6 Å². The average molecular weight is 376 g/mol. The third kappa shape index (κ3) is 7.15. The predicted molar refractivity (Wildman–Crippen MR) is 93.5 cm³/mol. The van der Waals surface area contributed by atoms with Gasteiger partial charge in [0.05, 0.1) is 24.3 Å². The molecule has 0 aliphatic heterocycles. The van der Waals surface area contributed by atoms with Gasteiger partial charge in [-0.2, -0.15) is 0 Å². The molecule has 146 valence electrons. The van der Waals surface area contributed by atoms with E-state index in [0.29, 0.717) is 12.8 Å². The van der Waals surface area contributed by atoms with Crippen LogP contribution >= 0.6 is 7.60 Å². The first-order valence-corrected chi connectivity index (χ1v) is 9.37. The number of nitrogens with two attached hydrogens (primary N) is 2. The van der Waals surface area contributed by atoms with Crippen LogP contribution in [0, 0.1) is 0 Å². The van der Waals surface area contributed by atoms with Crippen molar-refractivity contribution >= 4 is 19.5 Å². The first-order valence-electron chi connectivity index (χ1n) is 7.83. The Bertz CT molecular complexity index is 552. The molecule has 1 aliphatic rings. The van der Waals surface area contributed by atoms with E-state index in [1.807, 2.05) is 13.8 Å². The molecular weight excluding hydrogens is 347 g/mol. The minimum atomic E-state index is -4.96. The Hall–Kier alpha value is -1.41. The number of ether oxygens (including phenoxy) is 1. The predicted octanol–water partition coefficient (Wildman–Crippen LogP) is -0.456. The quantitative estimate of drug-likeness (QED) is 0.307. The molecule has 0 aromatic heterocycles. The standard InChI is InChI=1S/C14H27N4O5P.CH4/c1-4-9(5-2)23-12-7-10(24(20,21)22)6-11(18-14(15)16)13(12)17-8(3)19;/h7,9,11-13H,4-6H2,1-3H3,(H,17,19)(H4,15,16,18)(H2,20,21,22);1H4/p-2/t11-,12+,13+;/m0./s1. The zero-order valence-electron chi connectivity index (χ0n) is 14.1. The van der Waals surface area contributed by atoms with Crippen molar-refractivity contribution in [3.05, 3.63) is 11.4 Å². The lowest BCUT2D eigenvalue weighted by atomic mass is 9.93. The lowest BCUT2D eigenvalue weighted by Crippen LogP contribution is -2.53. The molecule has 0 aromatic carbocycles. The van der Waals surface area contributed by atoms with Crippen molar-refractivity contribution in [3.8, 4) is 0 Å². The summed E-state index contributed by atoms with van der Waals surface area (Å²) in [6.45, 7) is 5.18. The van der Waals surface area contributed by atoms with Crippen molar-refractivity contribution in [3.63, 3.8) is 0 Å². The van der Waals surface area contributed by atoms with E-state index in [9.17, 15) is 19.1 Å². The van der Waals surface area contributed by atoms with E-state index < -0.39 is 25.8 Å². The molecular formula is C15H29N4O5P-2. The molecule has 25 heavy (non-hydrogen) atoms. The maximum absolute atomic E-state index is 11.5. The summed E-state index contributed by atoms with van der Waals surface area (Å²) in [6.07, 6.45) is 1.50. The lowest BCUT2D eigenvalue weighted by Gasteiger charge is -2.42. The summed E-state index contributed by atoms with van der Waals surface area (Å²) in [6, 6.07) is -1.46. The normalized spacial score (nSPS) is 23.4. The van der Waals surface area contributed by atoms with Gasteiger partial charge < -0.3 is 35.9 Å². The number of carbonyl (C=O) groups excluding carboxylic acids is 1. The fourth-order valence-corrected chi connectivity index (χ4v) is 3.42. The highest BCUT2D eigenvalue weighted by Gasteiger charge is 2.36. The second kappa shape index (κ2) is 9.91. The summed E-state index contributed by atoms with van der Waals surface area (Å²) in [5.41, 5.74) is 10.8. The molecule has 10 heteroatoms. The molecule has 0 spiro atoms. The molecule has 1 aliphatic carbocycles. The van der Waals surface area contributed by atoms with Gasteiger partial charge in [0.25, 0.3) is 0 Å². The molecule has 0 bridgehead atoms. The second-order valence-corrected chi connectivity index (χ2v) is 7.32.